The number of hydrogen-bond acceptors (Lipinski definition) is 2. The lowest BCUT2D eigenvalue weighted by Crippen LogP contribution is -2.17. The van der Waals surface area contributed by atoms with Crippen LogP contribution in [0.5, 0.6) is 0 Å². The van der Waals surface area contributed by atoms with Crippen molar-refractivity contribution in [3.63, 3.8) is 0 Å². The zero-order valence-corrected chi connectivity index (χ0v) is 9.64. The highest BCUT2D eigenvalue weighted by Gasteiger charge is 2.15. The largest absolute Gasteiger partial charge is 0.336 e. The van der Waals surface area contributed by atoms with Crippen molar-refractivity contribution in [2.75, 3.05) is 0 Å². The Bertz CT molecular complexity index is 236. The fourth-order valence-electron chi connectivity index (χ4n) is 1.33. The summed E-state index contributed by atoms with van der Waals surface area (Å²) in [5, 5.41) is 0.634. The molecule has 0 aromatic carbocycles. The van der Waals surface area contributed by atoms with Crippen LogP contribution in [0, 0.1) is 0 Å². The van der Waals surface area contributed by atoms with Gasteiger partial charge in [0.15, 0.2) is 0 Å². The second kappa shape index (κ2) is 4.18. The van der Waals surface area contributed by atoms with Gasteiger partial charge in [-0.15, -0.1) is 0 Å². The summed E-state index contributed by atoms with van der Waals surface area (Å²) in [5.74, 6) is 0. The van der Waals surface area contributed by atoms with E-state index in [0.29, 0.717) is 10.00 Å². The van der Waals surface area contributed by atoms with Gasteiger partial charge < -0.3 is 4.57 Å². The third-order valence-corrected chi connectivity index (χ3v) is 2.84. The Hall–Kier alpha value is -0.440. The van der Waals surface area contributed by atoms with Crippen LogP contribution in [0.15, 0.2) is 18.7 Å². The number of aromatic nitrogens is 2. The Labute approximate surface area is 84.7 Å². The van der Waals surface area contributed by atoms with Crippen LogP contribution < -0.4 is 0 Å². The number of imidazole rings is 1. The van der Waals surface area contributed by atoms with E-state index in [-0.39, 0.29) is 0 Å². The van der Waals surface area contributed by atoms with Gasteiger partial charge in [-0.05, 0) is 0 Å². The quantitative estimate of drug-likeness (QED) is 0.743. The lowest BCUT2D eigenvalue weighted by molar-refractivity contribution is 0.679. The fourth-order valence-corrected chi connectivity index (χ4v) is 2.79. The first kappa shape index (κ1) is 10.6. The number of rotatable bonds is 3. The summed E-state index contributed by atoms with van der Waals surface area (Å²) in [6.45, 7) is 10.1. The van der Waals surface area contributed by atoms with Crippen LogP contribution in [0.4, 0.5) is 0 Å². The van der Waals surface area contributed by atoms with Crippen molar-refractivity contribution in [1.29, 1.82) is 0 Å². The standard InChI is InChI=1S/C10H18N2S/c1-9(13-10(2,3)4)7-12-6-5-11-8-12/h5-6,8-9H,7H2,1-4H3. The molecule has 0 fully saturated rings. The molecular weight excluding hydrogens is 180 g/mol. The summed E-state index contributed by atoms with van der Waals surface area (Å²) < 4.78 is 2.48. The first-order chi connectivity index (χ1) is 5.97. The molecule has 1 aromatic rings. The minimum absolute atomic E-state index is 0.347. The minimum Gasteiger partial charge on any atom is -0.336 e. The molecule has 74 valence electrons. The SMILES string of the molecule is CC(Cn1ccnc1)SC(C)(C)C. The monoisotopic (exact) mass is 198 g/mol. The van der Waals surface area contributed by atoms with Gasteiger partial charge in [-0.2, -0.15) is 11.8 Å². The van der Waals surface area contributed by atoms with Crippen LogP contribution in [-0.2, 0) is 6.54 Å². The van der Waals surface area contributed by atoms with Gasteiger partial charge in [0.05, 0.1) is 6.33 Å². The highest BCUT2D eigenvalue weighted by atomic mass is 32.2. The molecule has 0 radical (unpaired) electrons. The van der Waals surface area contributed by atoms with Crippen molar-refractivity contribution in [3.8, 4) is 0 Å². The second-order valence-electron chi connectivity index (χ2n) is 4.30. The zero-order valence-electron chi connectivity index (χ0n) is 8.82. The van der Waals surface area contributed by atoms with E-state index in [1.54, 1.807) is 0 Å². The van der Waals surface area contributed by atoms with Gasteiger partial charge in [-0.3, -0.25) is 0 Å². The molecule has 0 aliphatic rings. The van der Waals surface area contributed by atoms with E-state index in [1.165, 1.54) is 0 Å². The van der Waals surface area contributed by atoms with E-state index in [2.05, 4.69) is 37.2 Å². The Morgan fingerprint density at radius 3 is 2.62 bits per heavy atom. The molecule has 0 spiro atoms. The van der Waals surface area contributed by atoms with Crippen LogP contribution in [0.1, 0.15) is 27.7 Å². The van der Waals surface area contributed by atoms with Crippen molar-refractivity contribution in [2.24, 2.45) is 0 Å². The smallest absolute Gasteiger partial charge is 0.0946 e. The Morgan fingerprint density at radius 1 is 1.46 bits per heavy atom. The lowest BCUT2D eigenvalue weighted by Gasteiger charge is -2.23. The molecule has 0 saturated heterocycles. The topological polar surface area (TPSA) is 17.8 Å². The molecule has 1 rings (SSSR count). The molecule has 1 aromatic heterocycles. The predicted molar refractivity (Wildman–Crippen MR) is 59.0 cm³/mol. The highest BCUT2D eigenvalue weighted by Crippen LogP contribution is 2.28. The summed E-state index contributed by atoms with van der Waals surface area (Å²) >= 11 is 2.01. The van der Waals surface area contributed by atoms with E-state index in [9.17, 15) is 0 Å². The van der Waals surface area contributed by atoms with E-state index in [4.69, 9.17) is 0 Å². The van der Waals surface area contributed by atoms with Crippen LogP contribution in [0.2, 0.25) is 0 Å². The summed E-state index contributed by atoms with van der Waals surface area (Å²) in [6.07, 6.45) is 5.72. The zero-order chi connectivity index (χ0) is 9.90. The second-order valence-corrected chi connectivity index (χ2v) is 6.57. The molecule has 0 N–H and O–H groups in total. The van der Waals surface area contributed by atoms with Gasteiger partial charge in [-0.25, -0.2) is 4.98 Å². The summed E-state index contributed by atoms with van der Waals surface area (Å²) in [5.41, 5.74) is 0. The molecule has 0 amide bonds. The number of thioether (sulfide) groups is 1. The number of hydrogen-bond donors (Lipinski definition) is 0. The molecule has 1 atom stereocenters. The van der Waals surface area contributed by atoms with E-state index in [1.807, 2.05) is 30.5 Å². The van der Waals surface area contributed by atoms with Gasteiger partial charge in [0.25, 0.3) is 0 Å². The van der Waals surface area contributed by atoms with E-state index in [0.717, 1.165) is 6.54 Å². The molecule has 1 heterocycles. The molecule has 3 heteroatoms. The summed E-state index contributed by atoms with van der Waals surface area (Å²) in [7, 11) is 0. The Kier molecular flexibility index (Phi) is 3.42. The summed E-state index contributed by atoms with van der Waals surface area (Å²) in [4.78, 5) is 4.03. The molecule has 0 saturated carbocycles. The van der Waals surface area contributed by atoms with Gasteiger partial charge in [0.1, 0.15) is 0 Å². The molecule has 1 unspecified atom stereocenters. The van der Waals surface area contributed by atoms with Crippen LogP contribution in [0.3, 0.4) is 0 Å². The van der Waals surface area contributed by atoms with Crippen LogP contribution in [-0.4, -0.2) is 19.5 Å². The predicted octanol–water partition coefficient (Wildman–Crippen LogP) is 2.80. The first-order valence-corrected chi connectivity index (χ1v) is 5.49. The number of nitrogens with zero attached hydrogens (tertiary/aromatic N) is 2. The van der Waals surface area contributed by atoms with E-state index >= 15 is 0 Å². The Balaban J connectivity index is 2.38. The molecule has 2 nitrogen and oxygen atoms in total. The van der Waals surface area contributed by atoms with Crippen LogP contribution in [0.25, 0.3) is 0 Å². The van der Waals surface area contributed by atoms with Crippen molar-refractivity contribution >= 4 is 11.8 Å². The third kappa shape index (κ3) is 4.36. The van der Waals surface area contributed by atoms with Crippen molar-refractivity contribution < 1.29 is 0 Å². The normalized spacial score (nSPS) is 14.5. The lowest BCUT2D eigenvalue weighted by atomic mass is 10.3. The van der Waals surface area contributed by atoms with Crippen molar-refractivity contribution in [3.05, 3.63) is 18.7 Å². The maximum atomic E-state index is 4.03. The summed E-state index contributed by atoms with van der Waals surface area (Å²) in [6, 6.07) is 0. The minimum atomic E-state index is 0.347. The first-order valence-electron chi connectivity index (χ1n) is 4.61. The molecule has 0 aliphatic carbocycles. The highest BCUT2D eigenvalue weighted by molar-refractivity contribution is 8.01. The van der Waals surface area contributed by atoms with Crippen molar-refractivity contribution in [1.82, 2.24) is 9.55 Å². The Morgan fingerprint density at radius 2 is 2.15 bits per heavy atom. The molecule has 0 aliphatic heterocycles. The van der Waals surface area contributed by atoms with Crippen LogP contribution >= 0.6 is 11.8 Å². The maximum absolute atomic E-state index is 4.03. The van der Waals surface area contributed by atoms with Gasteiger partial charge in [0, 0.05) is 28.9 Å². The van der Waals surface area contributed by atoms with Gasteiger partial charge >= 0.3 is 0 Å². The molecular formula is C10H18N2S. The van der Waals surface area contributed by atoms with Crippen molar-refractivity contribution in [2.45, 2.75) is 44.2 Å². The average molecular weight is 198 g/mol. The van der Waals surface area contributed by atoms with E-state index < -0.39 is 0 Å². The maximum Gasteiger partial charge on any atom is 0.0946 e. The fraction of sp³-hybridized carbons (Fsp3) is 0.700. The third-order valence-electron chi connectivity index (χ3n) is 1.58. The molecule has 0 bridgehead atoms. The average Bonchev–Trinajstić information content (AvgIpc) is 2.34. The van der Waals surface area contributed by atoms with Gasteiger partial charge in [0.2, 0.25) is 0 Å². The molecule has 13 heavy (non-hydrogen) atoms. The van der Waals surface area contributed by atoms with Gasteiger partial charge in [-0.1, -0.05) is 27.7 Å².